The number of rotatable bonds is 1. The minimum atomic E-state index is 0.212. The van der Waals surface area contributed by atoms with Gasteiger partial charge in [-0.05, 0) is 31.9 Å². The summed E-state index contributed by atoms with van der Waals surface area (Å²) in [7, 11) is 0. The van der Waals surface area contributed by atoms with E-state index < -0.39 is 0 Å². The van der Waals surface area contributed by atoms with Crippen molar-refractivity contribution >= 4 is 5.82 Å². The number of piperazine rings is 1. The van der Waals surface area contributed by atoms with Crippen LogP contribution in [-0.4, -0.2) is 30.2 Å². The topological polar surface area (TPSA) is 52.0 Å². The summed E-state index contributed by atoms with van der Waals surface area (Å²) in [4.78, 5) is 7.17. The van der Waals surface area contributed by atoms with Crippen molar-refractivity contribution in [2.45, 2.75) is 44.6 Å². The monoisotopic (exact) mass is 270 g/mol. The molecule has 4 heteroatoms. The lowest BCUT2D eigenvalue weighted by atomic mass is 9.79. The summed E-state index contributed by atoms with van der Waals surface area (Å²) in [6, 6.07) is 6.07. The second kappa shape index (κ2) is 5.41. The lowest BCUT2D eigenvalue weighted by Crippen LogP contribution is -2.62. The molecule has 1 saturated heterocycles. The molecule has 2 aliphatic rings. The smallest absolute Gasteiger partial charge is 0.130 e. The van der Waals surface area contributed by atoms with Gasteiger partial charge in [0.1, 0.15) is 5.82 Å². The van der Waals surface area contributed by atoms with Crippen LogP contribution in [0.1, 0.15) is 43.4 Å². The van der Waals surface area contributed by atoms with Gasteiger partial charge in [0.15, 0.2) is 0 Å². The van der Waals surface area contributed by atoms with Crippen molar-refractivity contribution in [3.05, 3.63) is 23.4 Å². The van der Waals surface area contributed by atoms with Gasteiger partial charge in [-0.2, -0.15) is 5.26 Å². The van der Waals surface area contributed by atoms with Gasteiger partial charge in [0.2, 0.25) is 0 Å². The number of hydrogen-bond acceptors (Lipinski definition) is 4. The van der Waals surface area contributed by atoms with Gasteiger partial charge in [-0.3, -0.25) is 0 Å². The Labute approximate surface area is 120 Å². The second-order valence-electron chi connectivity index (χ2n) is 6.08. The van der Waals surface area contributed by atoms with Gasteiger partial charge in [-0.25, -0.2) is 4.98 Å². The molecule has 0 amide bonds. The van der Waals surface area contributed by atoms with Gasteiger partial charge in [0, 0.05) is 25.3 Å². The summed E-state index contributed by atoms with van der Waals surface area (Å²) in [6.07, 6.45) is 6.42. The summed E-state index contributed by atoms with van der Waals surface area (Å²) in [5.41, 5.74) is 1.87. The zero-order valence-corrected chi connectivity index (χ0v) is 12.2. The number of pyridine rings is 1. The highest BCUT2D eigenvalue weighted by molar-refractivity contribution is 5.49. The predicted octanol–water partition coefficient (Wildman–Crippen LogP) is 2.37. The third-order valence-corrected chi connectivity index (χ3v) is 4.67. The van der Waals surface area contributed by atoms with Crippen molar-refractivity contribution in [2.75, 3.05) is 24.5 Å². The van der Waals surface area contributed by atoms with Crippen molar-refractivity contribution in [3.8, 4) is 6.07 Å². The van der Waals surface area contributed by atoms with E-state index in [-0.39, 0.29) is 5.54 Å². The fraction of sp³-hybridized carbons (Fsp3) is 0.625. The van der Waals surface area contributed by atoms with Crippen LogP contribution in [0.3, 0.4) is 0 Å². The minimum absolute atomic E-state index is 0.212. The zero-order chi connectivity index (χ0) is 14.0. The molecule has 0 radical (unpaired) electrons. The Morgan fingerprint density at radius 3 is 2.85 bits per heavy atom. The van der Waals surface area contributed by atoms with E-state index in [1.54, 1.807) is 0 Å². The Kier molecular flexibility index (Phi) is 3.62. The van der Waals surface area contributed by atoms with E-state index in [9.17, 15) is 5.26 Å². The van der Waals surface area contributed by atoms with Crippen LogP contribution in [0.5, 0.6) is 0 Å². The molecule has 2 fully saturated rings. The molecule has 1 aromatic heterocycles. The summed E-state index contributed by atoms with van der Waals surface area (Å²) in [5.74, 6) is 0.991. The molecule has 1 saturated carbocycles. The lowest BCUT2D eigenvalue weighted by molar-refractivity contribution is 0.239. The van der Waals surface area contributed by atoms with Crippen molar-refractivity contribution in [2.24, 2.45) is 0 Å². The van der Waals surface area contributed by atoms with Crippen LogP contribution in [0.25, 0.3) is 0 Å². The van der Waals surface area contributed by atoms with E-state index in [2.05, 4.69) is 16.3 Å². The number of nitriles is 1. The molecule has 0 atom stereocenters. The van der Waals surface area contributed by atoms with Gasteiger partial charge >= 0.3 is 0 Å². The van der Waals surface area contributed by atoms with Gasteiger partial charge in [-0.1, -0.05) is 19.3 Å². The Morgan fingerprint density at radius 1 is 1.30 bits per heavy atom. The van der Waals surface area contributed by atoms with Crippen LogP contribution >= 0.6 is 0 Å². The van der Waals surface area contributed by atoms with Gasteiger partial charge < -0.3 is 10.2 Å². The van der Waals surface area contributed by atoms with E-state index in [0.717, 1.165) is 36.7 Å². The molecular weight excluding hydrogens is 248 g/mol. The van der Waals surface area contributed by atoms with Crippen molar-refractivity contribution < 1.29 is 0 Å². The average Bonchev–Trinajstić information content (AvgIpc) is 2.48. The molecule has 106 valence electrons. The maximum Gasteiger partial charge on any atom is 0.130 e. The Balaban J connectivity index is 1.97. The summed E-state index contributed by atoms with van der Waals surface area (Å²) < 4.78 is 0. The first-order valence-corrected chi connectivity index (χ1v) is 7.61. The molecule has 1 aliphatic carbocycles. The summed E-state index contributed by atoms with van der Waals surface area (Å²) in [6.45, 7) is 5.01. The fourth-order valence-corrected chi connectivity index (χ4v) is 3.71. The lowest BCUT2D eigenvalue weighted by Gasteiger charge is -2.50. The maximum atomic E-state index is 9.18. The molecule has 1 N–H and O–H groups in total. The number of anilines is 1. The highest BCUT2D eigenvalue weighted by Crippen LogP contribution is 2.37. The molecule has 1 aromatic rings. The van der Waals surface area contributed by atoms with E-state index in [0.29, 0.717) is 0 Å². The van der Waals surface area contributed by atoms with Gasteiger partial charge in [0.05, 0.1) is 17.2 Å². The van der Waals surface area contributed by atoms with E-state index in [4.69, 9.17) is 4.98 Å². The van der Waals surface area contributed by atoms with Crippen LogP contribution in [-0.2, 0) is 0 Å². The van der Waals surface area contributed by atoms with Crippen molar-refractivity contribution in [1.29, 1.82) is 5.26 Å². The standard InChI is InChI=1S/C16H22N4/c1-13-9-14(11-17)10-15(19-13)20-8-7-18-12-16(20)5-3-2-4-6-16/h9-10,18H,2-8,12H2,1H3. The number of aromatic nitrogens is 1. The number of hydrogen-bond donors (Lipinski definition) is 1. The molecule has 3 rings (SSSR count). The SMILES string of the molecule is Cc1cc(C#N)cc(N2CCNCC23CCCCC3)n1. The van der Waals surface area contributed by atoms with Gasteiger partial charge in [0.25, 0.3) is 0 Å². The number of nitrogens with one attached hydrogen (secondary N) is 1. The predicted molar refractivity (Wildman–Crippen MR) is 79.7 cm³/mol. The van der Waals surface area contributed by atoms with Crippen LogP contribution in [0.15, 0.2) is 12.1 Å². The molecule has 0 unspecified atom stereocenters. The van der Waals surface area contributed by atoms with Gasteiger partial charge in [-0.15, -0.1) is 0 Å². The first-order chi connectivity index (χ1) is 9.73. The minimum Gasteiger partial charge on any atom is -0.348 e. The molecule has 0 aromatic carbocycles. The van der Waals surface area contributed by atoms with E-state index >= 15 is 0 Å². The summed E-state index contributed by atoms with van der Waals surface area (Å²) in [5, 5.41) is 12.7. The largest absolute Gasteiger partial charge is 0.348 e. The second-order valence-corrected chi connectivity index (χ2v) is 6.08. The molecule has 2 heterocycles. The molecule has 1 aliphatic heterocycles. The molecule has 0 bridgehead atoms. The highest BCUT2D eigenvalue weighted by Gasteiger charge is 2.40. The van der Waals surface area contributed by atoms with Crippen LogP contribution in [0.4, 0.5) is 5.82 Å². The number of nitrogens with zero attached hydrogens (tertiary/aromatic N) is 3. The quantitative estimate of drug-likeness (QED) is 0.851. The normalized spacial score (nSPS) is 21.7. The Bertz CT molecular complexity index is 518. The van der Waals surface area contributed by atoms with Crippen LogP contribution in [0, 0.1) is 18.3 Å². The Morgan fingerprint density at radius 2 is 2.10 bits per heavy atom. The van der Waals surface area contributed by atoms with Crippen LogP contribution < -0.4 is 10.2 Å². The van der Waals surface area contributed by atoms with E-state index in [1.165, 1.54) is 32.1 Å². The third-order valence-electron chi connectivity index (χ3n) is 4.67. The zero-order valence-electron chi connectivity index (χ0n) is 12.2. The molecule has 4 nitrogen and oxygen atoms in total. The maximum absolute atomic E-state index is 9.18. The third kappa shape index (κ3) is 2.38. The molecule has 20 heavy (non-hydrogen) atoms. The average molecular weight is 270 g/mol. The van der Waals surface area contributed by atoms with Crippen molar-refractivity contribution in [3.63, 3.8) is 0 Å². The highest BCUT2D eigenvalue weighted by atomic mass is 15.3. The first-order valence-electron chi connectivity index (χ1n) is 7.61. The van der Waals surface area contributed by atoms with Crippen LogP contribution in [0.2, 0.25) is 0 Å². The Hall–Kier alpha value is -1.60. The number of aryl methyl sites for hydroxylation is 1. The summed E-state index contributed by atoms with van der Waals surface area (Å²) >= 11 is 0. The van der Waals surface area contributed by atoms with Crippen molar-refractivity contribution in [1.82, 2.24) is 10.3 Å². The molecular formula is C16H22N4. The first kappa shape index (κ1) is 13.4. The van der Waals surface area contributed by atoms with E-state index in [1.807, 2.05) is 19.1 Å². The molecule has 1 spiro atoms. The fourth-order valence-electron chi connectivity index (χ4n) is 3.71.